The normalized spacial score (nSPS) is 13.9. The van der Waals surface area contributed by atoms with Crippen LogP contribution in [0.4, 0.5) is 0 Å². The van der Waals surface area contributed by atoms with Crippen molar-refractivity contribution in [2.75, 3.05) is 0 Å². The molecule has 2 aliphatic rings. The van der Waals surface area contributed by atoms with E-state index in [9.17, 15) is 0 Å². The molecule has 1 aliphatic heterocycles. The van der Waals surface area contributed by atoms with Crippen LogP contribution in [0.3, 0.4) is 0 Å². The summed E-state index contributed by atoms with van der Waals surface area (Å²) in [5.41, 5.74) is 10.1. The maximum Gasteiger partial charge on any atom is 0.161 e. The largest absolute Gasteiger partial charge is 0.457 e. The van der Waals surface area contributed by atoms with Crippen LogP contribution in [0.2, 0.25) is 0 Å². The van der Waals surface area contributed by atoms with Crippen LogP contribution in [0.1, 0.15) is 38.9 Å². The van der Waals surface area contributed by atoms with E-state index >= 15 is 0 Å². The number of ether oxygens (including phenoxy) is 1. The molecule has 5 nitrogen and oxygen atoms in total. The van der Waals surface area contributed by atoms with Gasteiger partial charge in [0.25, 0.3) is 0 Å². The van der Waals surface area contributed by atoms with E-state index in [2.05, 4.69) is 66.7 Å². The van der Waals surface area contributed by atoms with Crippen molar-refractivity contribution in [3.63, 3.8) is 0 Å². The van der Waals surface area contributed by atoms with E-state index in [1.165, 1.54) is 0 Å². The minimum atomic E-state index is -0.722. The van der Waals surface area contributed by atoms with Gasteiger partial charge in [-0.05, 0) is 64.2 Å². The van der Waals surface area contributed by atoms with E-state index < -0.39 is 5.41 Å². The second-order valence-corrected chi connectivity index (χ2v) is 12.9. The summed E-state index contributed by atoms with van der Waals surface area (Å²) in [6.45, 7) is 0. The number of furan rings is 1. The predicted molar refractivity (Wildman–Crippen MR) is 205 cm³/mol. The summed E-state index contributed by atoms with van der Waals surface area (Å²) in [6, 6.07) is 55.4. The smallest absolute Gasteiger partial charge is 0.161 e. The first-order valence-electron chi connectivity index (χ1n) is 17.0. The SMILES string of the molecule is N=C(N=C(N=Cc1ccccc1)c1ccc2c(c1)C1(c3ccccc3Oc3ccccc31)c1cc3oc4ccccc4c3cc1-2)c1ccccc1. The van der Waals surface area contributed by atoms with E-state index in [1.54, 1.807) is 0 Å². The number of fused-ring (bicyclic) bond motifs is 12. The Labute approximate surface area is 294 Å². The standard InChI is InChI=1S/C46H29N3O2/c47-44(30-15-5-2-6-16-30)49-45(48-28-29-13-3-1-4-14-29)31-23-24-32-34-26-35-33-17-7-10-20-40(33)50-43(35)27-39(34)46(38(32)25-31)36-18-8-11-21-41(36)51-42-22-12-9-19-37(42)46/h1-28,47H. The molecular weight excluding hydrogens is 627 g/mol. The highest BCUT2D eigenvalue weighted by atomic mass is 16.5. The third-order valence-electron chi connectivity index (χ3n) is 10.1. The number of para-hydroxylation sites is 3. The highest BCUT2D eigenvalue weighted by Gasteiger charge is 2.51. The van der Waals surface area contributed by atoms with Gasteiger partial charge >= 0.3 is 0 Å². The lowest BCUT2D eigenvalue weighted by Gasteiger charge is -2.39. The van der Waals surface area contributed by atoms with Gasteiger partial charge in [-0.15, -0.1) is 0 Å². The highest BCUT2D eigenvalue weighted by molar-refractivity contribution is 6.14. The molecule has 2 heterocycles. The lowest BCUT2D eigenvalue weighted by atomic mass is 9.66. The Bertz CT molecular complexity index is 2700. The number of hydrogen-bond donors (Lipinski definition) is 1. The van der Waals surface area contributed by atoms with Gasteiger partial charge in [-0.2, -0.15) is 0 Å². The van der Waals surface area contributed by atoms with Gasteiger partial charge in [0.05, 0.1) is 5.41 Å². The molecule has 0 atom stereocenters. The molecule has 0 saturated carbocycles. The fourth-order valence-corrected chi connectivity index (χ4v) is 7.86. The van der Waals surface area contributed by atoms with Gasteiger partial charge < -0.3 is 9.15 Å². The lowest BCUT2D eigenvalue weighted by molar-refractivity contribution is 0.436. The molecule has 0 radical (unpaired) electrons. The van der Waals surface area contributed by atoms with E-state index in [0.717, 1.165) is 83.5 Å². The Morgan fingerprint density at radius 1 is 0.529 bits per heavy atom. The molecule has 240 valence electrons. The summed E-state index contributed by atoms with van der Waals surface area (Å²) in [4.78, 5) is 9.80. The Hall–Kier alpha value is -6.85. The second-order valence-electron chi connectivity index (χ2n) is 12.9. The van der Waals surface area contributed by atoms with Gasteiger partial charge in [-0.25, -0.2) is 9.98 Å². The van der Waals surface area contributed by atoms with Gasteiger partial charge in [-0.3, -0.25) is 5.41 Å². The Kier molecular flexibility index (Phi) is 6.48. The van der Waals surface area contributed by atoms with Crippen LogP contribution in [-0.4, -0.2) is 17.9 Å². The third kappa shape index (κ3) is 4.45. The van der Waals surface area contributed by atoms with Crippen LogP contribution in [-0.2, 0) is 5.41 Å². The first kappa shape index (κ1) is 29.1. The van der Waals surface area contributed by atoms with Crippen molar-refractivity contribution < 1.29 is 9.15 Å². The molecule has 0 bridgehead atoms. The van der Waals surface area contributed by atoms with Crippen molar-refractivity contribution in [1.82, 2.24) is 0 Å². The minimum Gasteiger partial charge on any atom is -0.457 e. The van der Waals surface area contributed by atoms with Crippen LogP contribution in [0.5, 0.6) is 11.5 Å². The fourth-order valence-electron chi connectivity index (χ4n) is 7.86. The second kappa shape index (κ2) is 11.4. The van der Waals surface area contributed by atoms with Crippen molar-refractivity contribution >= 4 is 39.8 Å². The summed E-state index contributed by atoms with van der Waals surface area (Å²) in [7, 11) is 0. The minimum absolute atomic E-state index is 0.142. The average molecular weight is 656 g/mol. The number of rotatable bonds is 3. The summed E-state index contributed by atoms with van der Waals surface area (Å²) < 4.78 is 13.1. The molecule has 0 unspecified atom stereocenters. The van der Waals surface area contributed by atoms with Gasteiger partial charge in [-0.1, -0.05) is 127 Å². The molecule has 8 aromatic rings. The van der Waals surface area contributed by atoms with Gasteiger partial charge in [0, 0.05) is 39.2 Å². The zero-order chi connectivity index (χ0) is 33.9. The molecule has 0 fully saturated rings. The van der Waals surface area contributed by atoms with Crippen molar-refractivity contribution in [3.8, 4) is 22.6 Å². The van der Waals surface area contributed by atoms with Crippen molar-refractivity contribution in [2.24, 2.45) is 9.98 Å². The maximum atomic E-state index is 8.98. The monoisotopic (exact) mass is 655 g/mol. The molecule has 5 heteroatoms. The summed E-state index contributed by atoms with van der Waals surface area (Å²) in [6.07, 6.45) is 1.81. The molecule has 1 aromatic heterocycles. The number of hydrogen-bond acceptors (Lipinski definition) is 3. The lowest BCUT2D eigenvalue weighted by Crippen LogP contribution is -2.32. The van der Waals surface area contributed by atoms with E-state index in [0.29, 0.717) is 5.84 Å². The Morgan fingerprint density at radius 3 is 1.94 bits per heavy atom. The van der Waals surface area contributed by atoms with Crippen molar-refractivity contribution in [3.05, 3.63) is 203 Å². The van der Waals surface area contributed by atoms with Gasteiger partial charge in [0.15, 0.2) is 11.7 Å². The van der Waals surface area contributed by atoms with Gasteiger partial charge in [0.1, 0.15) is 22.7 Å². The van der Waals surface area contributed by atoms with Gasteiger partial charge in [0.2, 0.25) is 0 Å². The molecule has 51 heavy (non-hydrogen) atoms. The van der Waals surface area contributed by atoms with E-state index in [1.807, 2.05) is 103 Å². The third-order valence-corrected chi connectivity index (χ3v) is 10.1. The van der Waals surface area contributed by atoms with Crippen molar-refractivity contribution in [1.29, 1.82) is 5.41 Å². The molecule has 7 aromatic carbocycles. The Morgan fingerprint density at radius 2 is 1.18 bits per heavy atom. The van der Waals surface area contributed by atoms with E-state index in [-0.39, 0.29) is 5.84 Å². The zero-order valence-electron chi connectivity index (χ0n) is 27.4. The highest BCUT2D eigenvalue weighted by Crippen LogP contribution is 2.62. The number of amidine groups is 2. The number of aliphatic imine (C=N–C) groups is 2. The molecule has 1 aliphatic carbocycles. The Balaban J connectivity index is 1.27. The number of nitrogens with zero attached hydrogens (tertiary/aromatic N) is 2. The summed E-state index contributed by atoms with van der Waals surface area (Å²) >= 11 is 0. The van der Waals surface area contributed by atoms with Crippen LogP contribution >= 0.6 is 0 Å². The fraction of sp³-hybridized carbons (Fsp3) is 0.0217. The number of nitrogens with one attached hydrogen (secondary N) is 1. The van der Waals surface area contributed by atoms with E-state index in [4.69, 9.17) is 24.5 Å². The molecule has 10 rings (SSSR count). The topological polar surface area (TPSA) is 70.9 Å². The number of benzene rings is 7. The van der Waals surface area contributed by atoms with Crippen LogP contribution in [0.15, 0.2) is 178 Å². The molecular formula is C46H29N3O2. The van der Waals surface area contributed by atoms with Crippen LogP contribution < -0.4 is 4.74 Å². The van der Waals surface area contributed by atoms with Crippen LogP contribution in [0.25, 0.3) is 33.1 Å². The first-order valence-corrected chi connectivity index (χ1v) is 17.0. The molecule has 0 saturated heterocycles. The average Bonchev–Trinajstić information content (AvgIpc) is 3.69. The van der Waals surface area contributed by atoms with Crippen LogP contribution in [0, 0.1) is 5.41 Å². The molecule has 0 amide bonds. The predicted octanol–water partition coefficient (Wildman–Crippen LogP) is 10.9. The summed E-state index contributed by atoms with van der Waals surface area (Å²) in [5.74, 6) is 2.22. The zero-order valence-corrected chi connectivity index (χ0v) is 27.4. The quantitative estimate of drug-likeness (QED) is 0.152. The summed E-state index contributed by atoms with van der Waals surface area (Å²) in [5, 5.41) is 11.1. The maximum absolute atomic E-state index is 8.98. The molecule has 1 N–H and O–H groups in total. The molecule has 1 spiro atoms. The first-order chi connectivity index (χ1) is 25.2. The van der Waals surface area contributed by atoms with Crippen molar-refractivity contribution in [2.45, 2.75) is 5.41 Å².